The van der Waals surface area contributed by atoms with Gasteiger partial charge in [-0.3, -0.25) is 4.79 Å². The first-order chi connectivity index (χ1) is 13.8. The molecule has 1 aromatic carbocycles. The van der Waals surface area contributed by atoms with E-state index in [0.717, 1.165) is 53.9 Å². The summed E-state index contributed by atoms with van der Waals surface area (Å²) >= 11 is 0. The third kappa shape index (κ3) is 3.67. The minimum Gasteiger partial charge on any atom is -0.346 e. The van der Waals surface area contributed by atoms with Gasteiger partial charge in [0.15, 0.2) is 5.82 Å². The van der Waals surface area contributed by atoms with Gasteiger partial charge in [0.25, 0.3) is 0 Å². The average Bonchev–Trinajstić information content (AvgIpc) is 3.31. The molecule has 142 valence electrons. The Hall–Kier alpha value is -3.40. The van der Waals surface area contributed by atoms with E-state index < -0.39 is 0 Å². The monoisotopic (exact) mass is 374 g/mol. The van der Waals surface area contributed by atoms with Crippen LogP contribution in [0.5, 0.6) is 0 Å². The Balaban J connectivity index is 1.45. The number of hydrogen-bond acceptors (Lipinski definition) is 4. The van der Waals surface area contributed by atoms with E-state index in [0.29, 0.717) is 19.5 Å². The van der Waals surface area contributed by atoms with Gasteiger partial charge in [-0.1, -0.05) is 18.2 Å². The summed E-state index contributed by atoms with van der Waals surface area (Å²) in [5.74, 6) is 1.66. The molecule has 7 heteroatoms. The average molecular weight is 374 g/mol. The molecule has 1 amide bonds. The Bertz CT molecular complexity index is 1070. The number of aryl methyl sites for hydroxylation is 2. The number of amides is 1. The number of aromatic nitrogens is 4. The molecule has 1 aliphatic heterocycles. The van der Waals surface area contributed by atoms with Crippen LogP contribution in [0.25, 0.3) is 17.0 Å². The second kappa shape index (κ2) is 8.09. The Kier molecular flexibility index (Phi) is 5.20. The fraction of sp³-hybridized carbons (Fsp3) is 0.333. The summed E-state index contributed by atoms with van der Waals surface area (Å²) in [4.78, 5) is 12.3. The maximum absolute atomic E-state index is 12.3. The Labute approximate surface area is 163 Å². The van der Waals surface area contributed by atoms with E-state index in [9.17, 15) is 4.79 Å². The first-order valence-electron chi connectivity index (χ1n) is 9.58. The van der Waals surface area contributed by atoms with E-state index in [4.69, 9.17) is 5.26 Å². The number of carbonyl (C=O) groups is 1. The molecule has 0 saturated heterocycles. The van der Waals surface area contributed by atoms with Crippen molar-refractivity contribution in [3.8, 4) is 6.07 Å². The summed E-state index contributed by atoms with van der Waals surface area (Å²) in [6, 6.07) is 10.2. The fourth-order valence-corrected chi connectivity index (χ4v) is 3.65. The van der Waals surface area contributed by atoms with Crippen LogP contribution in [0, 0.1) is 11.3 Å². The molecular formula is C21H22N6O. The van der Waals surface area contributed by atoms with Crippen molar-refractivity contribution >= 4 is 22.9 Å². The molecule has 0 saturated carbocycles. The fourth-order valence-electron chi connectivity index (χ4n) is 3.65. The quantitative estimate of drug-likeness (QED) is 0.672. The highest BCUT2D eigenvalue weighted by atomic mass is 16.1. The topological polar surface area (TPSA) is 88.5 Å². The van der Waals surface area contributed by atoms with Crippen molar-refractivity contribution in [2.24, 2.45) is 0 Å². The molecule has 4 rings (SSSR count). The molecule has 7 nitrogen and oxygen atoms in total. The van der Waals surface area contributed by atoms with Gasteiger partial charge in [0.2, 0.25) is 5.91 Å². The number of fused-ring (bicyclic) bond motifs is 2. The Morgan fingerprint density at radius 2 is 2.18 bits per heavy atom. The molecule has 0 atom stereocenters. The smallest absolute Gasteiger partial charge is 0.244 e. The molecule has 1 aliphatic rings. The molecule has 0 aliphatic carbocycles. The number of para-hydroxylation sites is 1. The van der Waals surface area contributed by atoms with Crippen molar-refractivity contribution < 1.29 is 4.79 Å². The van der Waals surface area contributed by atoms with E-state index in [1.807, 2.05) is 36.5 Å². The van der Waals surface area contributed by atoms with Gasteiger partial charge in [-0.15, -0.1) is 10.2 Å². The molecule has 1 N–H and O–H groups in total. The van der Waals surface area contributed by atoms with Crippen LogP contribution in [0.15, 0.2) is 36.5 Å². The molecule has 0 unspecified atom stereocenters. The van der Waals surface area contributed by atoms with Gasteiger partial charge in [0.05, 0.1) is 19.0 Å². The lowest BCUT2D eigenvalue weighted by Crippen LogP contribution is -2.24. The normalized spacial score (nSPS) is 13.5. The minimum absolute atomic E-state index is 0.165. The SMILES string of the molecule is N#CCCn1cc(C=CC(=O)NCc2nnc3n2CCCC3)c2ccccc21. The molecule has 0 radical (unpaired) electrons. The number of rotatable bonds is 6. The van der Waals surface area contributed by atoms with Gasteiger partial charge in [0, 0.05) is 48.2 Å². The van der Waals surface area contributed by atoms with E-state index in [1.54, 1.807) is 6.08 Å². The van der Waals surface area contributed by atoms with Gasteiger partial charge in [-0.2, -0.15) is 5.26 Å². The predicted molar refractivity (Wildman–Crippen MR) is 106 cm³/mol. The maximum Gasteiger partial charge on any atom is 0.244 e. The summed E-state index contributed by atoms with van der Waals surface area (Å²) in [6.45, 7) is 1.93. The highest BCUT2D eigenvalue weighted by Gasteiger charge is 2.15. The molecule has 28 heavy (non-hydrogen) atoms. The zero-order chi connectivity index (χ0) is 19.3. The number of hydrogen-bond donors (Lipinski definition) is 1. The van der Waals surface area contributed by atoms with Crippen LogP contribution in [-0.2, 0) is 30.8 Å². The largest absolute Gasteiger partial charge is 0.346 e. The van der Waals surface area contributed by atoms with Gasteiger partial charge in [0.1, 0.15) is 5.82 Å². The molecule has 3 heterocycles. The molecule has 0 bridgehead atoms. The number of nitrogens with zero attached hydrogens (tertiary/aromatic N) is 5. The minimum atomic E-state index is -0.165. The van der Waals surface area contributed by atoms with Crippen LogP contribution < -0.4 is 5.32 Å². The van der Waals surface area contributed by atoms with Crippen molar-refractivity contribution in [1.29, 1.82) is 5.26 Å². The van der Waals surface area contributed by atoms with E-state index in [1.165, 1.54) is 0 Å². The maximum atomic E-state index is 12.3. The summed E-state index contributed by atoms with van der Waals surface area (Å²) in [6.07, 6.45) is 9.03. The lowest BCUT2D eigenvalue weighted by Gasteiger charge is -2.14. The first kappa shape index (κ1) is 18.0. The van der Waals surface area contributed by atoms with Crippen LogP contribution in [0.2, 0.25) is 0 Å². The Morgan fingerprint density at radius 1 is 1.29 bits per heavy atom. The van der Waals surface area contributed by atoms with Crippen LogP contribution in [0.4, 0.5) is 0 Å². The lowest BCUT2D eigenvalue weighted by atomic mass is 10.1. The second-order valence-electron chi connectivity index (χ2n) is 6.90. The molecule has 2 aromatic heterocycles. The summed E-state index contributed by atoms with van der Waals surface area (Å²) in [5, 5.41) is 21.2. The van der Waals surface area contributed by atoms with Gasteiger partial charge in [-0.25, -0.2) is 0 Å². The molecule has 3 aromatic rings. The summed E-state index contributed by atoms with van der Waals surface area (Å²) < 4.78 is 4.16. The van der Waals surface area contributed by atoms with Crippen molar-refractivity contribution in [3.05, 3.63) is 53.8 Å². The number of benzene rings is 1. The van der Waals surface area contributed by atoms with Crippen LogP contribution in [0.3, 0.4) is 0 Å². The third-order valence-electron chi connectivity index (χ3n) is 5.06. The summed E-state index contributed by atoms with van der Waals surface area (Å²) in [5.41, 5.74) is 2.02. The van der Waals surface area contributed by atoms with Crippen LogP contribution in [-0.4, -0.2) is 25.2 Å². The third-order valence-corrected chi connectivity index (χ3v) is 5.06. The van der Waals surface area contributed by atoms with Crippen molar-refractivity contribution in [2.75, 3.05) is 0 Å². The molecule has 0 fully saturated rings. The van der Waals surface area contributed by atoms with Crippen LogP contribution in [0.1, 0.15) is 36.5 Å². The summed E-state index contributed by atoms with van der Waals surface area (Å²) in [7, 11) is 0. The second-order valence-corrected chi connectivity index (χ2v) is 6.90. The molecular weight excluding hydrogens is 352 g/mol. The highest BCUT2D eigenvalue weighted by Crippen LogP contribution is 2.22. The zero-order valence-corrected chi connectivity index (χ0v) is 15.6. The van der Waals surface area contributed by atoms with Gasteiger partial charge < -0.3 is 14.5 Å². The number of nitriles is 1. The number of carbonyl (C=O) groups excluding carboxylic acids is 1. The van der Waals surface area contributed by atoms with E-state index >= 15 is 0 Å². The van der Waals surface area contributed by atoms with Crippen LogP contribution >= 0.6 is 0 Å². The molecule has 0 spiro atoms. The lowest BCUT2D eigenvalue weighted by molar-refractivity contribution is -0.116. The van der Waals surface area contributed by atoms with E-state index in [2.05, 4.69) is 30.7 Å². The Morgan fingerprint density at radius 3 is 3.07 bits per heavy atom. The van der Waals surface area contributed by atoms with Gasteiger partial charge >= 0.3 is 0 Å². The van der Waals surface area contributed by atoms with Gasteiger partial charge in [-0.05, 0) is 25.0 Å². The van der Waals surface area contributed by atoms with E-state index in [-0.39, 0.29) is 5.91 Å². The first-order valence-corrected chi connectivity index (χ1v) is 9.58. The standard InChI is InChI=1S/C21H22N6O/c22-11-5-12-26-15-16(17-6-1-2-7-18(17)26)9-10-21(28)23-14-20-25-24-19-8-3-4-13-27(19)20/h1-2,6-7,9-10,15H,3-5,8,12-14H2,(H,23,28). The highest BCUT2D eigenvalue weighted by molar-refractivity contribution is 5.96. The predicted octanol–water partition coefficient (Wildman–Crippen LogP) is 2.81. The van der Waals surface area contributed by atoms with Crippen molar-refractivity contribution in [3.63, 3.8) is 0 Å². The van der Waals surface area contributed by atoms with Crippen molar-refractivity contribution in [1.82, 2.24) is 24.6 Å². The number of nitrogens with one attached hydrogen (secondary N) is 1. The zero-order valence-electron chi connectivity index (χ0n) is 15.6. The van der Waals surface area contributed by atoms with Crippen molar-refractivity contribution in [2.45, 2.75) is 45.3 Å².